The van der Waals surface area contributed by atoms with Crippen LogP contribution >= 0.6 is 23.2 Å². The number of hydrogen-bond donors (Lipinski definition) is 1. The standard InChI is InChI=1S/C18H16Cl2N2O2/c1-12(24-16-6-2-13(11-21)3-7-16)18(23)22-9-8-14-4-5-15(19)10-17(14)20/h2-7,10,12H,8-9H2,1H3,(H,22,23)/t12-/m1/s1. The molecule has 0 aliphatic heterocycles. The van der Waals surface area contributed by atoms with Gasteiger partial charge in [0.25, 0.3) is 5.91 Å². The Labute approximate surface area is 151 Å². The molecule has 0 aromatic heterocycles. The van der Waals surface area contributed by atoms with Gasteiger partial charge in [-0.15, -0.1) is 0 Å². The Balaban J connectivity index is 1.81. The Morgan fingerprint density at radius 1 is 1.25 bits per heavy atom. The van der Waals surface area contributed by atoms with Crippen LogP contribution in [0.5, 0.6) is 5.75 Å². The molecule has 0 bridgehead atoms. The molecular formula is C18H16Cl2N2O2. The number of hydrogen-bond acceptors (Lipinski definition) is 3. The summed E-state index contributed by atoms with van der Waals surface area (Å²) < 4.78 is 5.55. The second kappa shape index (κ2) is 8.58. The summed E-state index contributed by atoms with van der Waals surface area (Å²) >= 11 is 11.9. The van der Waals surface area contributed by atoms with Crippen LogP contribution in [-0.4, -0.2) is 18.6 Å². The van der Waals surface area contributed by atoms with Crippen molar-refractivity contribution < 1.29 is 9.53 Å². The van der Waals surface area contributed by atoms with Crippen LogP contribution in [0.4, 0.5) is 0 Å². The molecular weight excluding hydrogens is 347 g/mol. The van der Waals surface area contributed by atoms with E-state index in [9.17, 15) is 4.79 Å². The van der Waals surface area contributed by atoms with Gasteiger partial charge in [0.1, 0.15) is 5.75 Å². The van der Waals surface area contributed by atoms with Gasteiger partial charge in [-0.2, -0.15) is 5.26 Å². The highest BCUT2D eigenvalue weighted by atomic mass is 35.5. The van der Waals surface area contributed by atoms with Crippen LogP contribution in [0.25, 0.3) is 0 Å². The number of carbonyl (C=O) groups is 1. The van der Waals surface area contributed by atoms with Crippen molar-refractivity contribution >= 4 is 29.1 Å². The number of nitriles is 1. The van der Waals surface area contributed by atoms with Gasteiger partial charge >= 0.3 is 0 Å². The molecule has 1 atom stereocenters. The SMILES string of the molecule is C[C@@H](Oc1ccc(C#N)cc1)C(=O)NCCc1ccc(Cl)cc1Cl. The first-order valence-corrected chi connectivity index (χ1v) is 8.13. The zero-order chi connectivity index (χ0) is 17.5. The number of amides is 1. The van der Waals surface area contributed by atoms with Gasteiger partial charge in [-0.1, -0.05) is 29.3 Å². The predicted octanol–water partition coefficient (Wildman–Crippen LogP) is 3.99. The van der Waals surface area contributed by atoms with Gasteiger partial charge in [-0.05, 0) is 55.3 Å². The lowest BCUT2D eigenvalue weighted by Crippen LogP contribution is -2.37. The van der Waals surface area contributed by atoms with Crippen LogP contribution in [0.2, 0.25) is 10.0 Å². The third-order valence-electron chi connectivity index (χ3n) is 3.37. The van der Waals surface area contributed by atoms with Crippen molar-refractivity contribution in [1.82, 2.24) is 5.32 Å². The summed E-state index contributed by atoms with van der Waals surface area (Å²) in [4.78, 5) is 12.1. The van der Waals surface area contributed by atoms with Crippen molar-refractivity contribution in [3.05, 3.63) is 63.6 Å². The first kappa shape index (κ1) is 18.1. The third-order valence-corrected chi connectivity index (χ3v) is 3.96. The largest absolute Gasteiger partial charge is 0.481 e. The number of nitrogens with zero attached hydrogens (tertiary/aromatic N) is 1. The summed E-state index contributed by atoms with van der Waals surface area (Å²) in [6.45, 7) is 2.12. The van der Waals surface area contributed by atoms with Crippen molar-refractivity contribution in [3.63, 3.8) is 0 Å². The molecule has 1 N–H and O–H groups in total. The molecule has 124 valence electrons. The molecule has 0 aliphatic rings. The van der Waals surface area contributed by atoms with E-state index < -0.39 is 6.10 Å². The highest BCUT2D eigenvalue weighted by Gasteiger charge is 2.14. The van der Waals surface area contributed by atoms with Gasteiger partial charge in [0.05, 0.1) is 11.6 Å². The van der Waals surface area contributed by atoms with Gasteiger partial charge in [-0.25, -0.2) is 0 Å². The first-order chi connectivity index (χ1) is 11.5. The Bertz CT molecular complexity index is 755. The smallest absolute Gasteiger partial charge is 0.260 e. The number of carbonyl (C=O) groups excluding carboxylic acids is 1. The fourth-order valence-corrected chi connectivity index (χ4v) is 2.56. The molecule has 0 saturated heterocycles. The summed E-state index contributed by atoms with van der Waals surface area (Å²) in [7, 11) is 0. The Morgan fingerprint density at radius 2 is 1.96 bits per heavy atom. The molecule has 0 saturated carbocycles. The Morgan fingerprint density at radius 3 is 2.58 bits per heavy atom. The van der Waals surface area contributed by atoms with Gasteiger partial charge in [-0.3, -0.25) is 4.79 Å². The molecule has 4 nitrogen and oxygen atoms in total. The monoisotopic (exact) mass is 362 g/mol. The van der Waals surface area contributed by atoms with E-state index >= 15 is 0 Å². The van der Waals surface area contributed by atoms with Crippen LogP contribution in [0, 0.1) is 11.3 Å². The molecule has 0 radical (unpaired) electrons. The lowest BCUT2D eigenvalue weighted by atomic mass is 10.1. The average molecular weight is 363 g/mol. The van der Waals surface area contributed by atoms with Crippen molar-refractivity contribution in [3.8, 4) is 11.8 Å². The molecule has 2 aromatic carbocycles. The molecule has 0 fully saturated rings. The maximum Gasteiger partial charge on any atom is 0.260 e. The Hall–Kier alpha value is -2.22. The van der Waals surface area contributed by atoms with Gasteiger partial charge in [0.2, 0.25) is 0 Å². The van der Waals surface area contributed by atoms with Crippen molar-refractivity contribution in [2.75, 3.05) is 6.54 Å². The van der Waals surface area contributed by atoms with E-state index in [2.05, 4.69) is 5.32 Å². The van der Waals surface area contributed by atoms with Gasteiger partial charge in [0.15, 0.2) is 6.10 Å². The molecule has 1 amide bonds. The Kier molecular flexibility index (Phi) is 6.48. The van der Waals surface area contributed by atoms with Crippen LogP contribution in [-0.2, 0) is 11.2 Å². The minimum Gasteiger partial charge on any atom is -0.481 e. The van der Waals surface area contributed by atoms with E-state index in [1.807, 2.05) is 12.1 Å². The zero-order valence-electron chi connectivity index (χ0n) is 13.1. The van der Waals surface area contributed by atoms with Crippen LogP contribution < -0.4 is 10.1 Å². The van der Waals surface area contributed by atoms with Gasteiger partial charge in [0, 0.05) is 16.6 Å². The molecule has 24 heavy (non-hydrogen) atoms. The van der Waals surface area contributed by atoms with E-state index in [-0.39, 0.29) is 5.91 Å². The second-order valence-electron chi connectivity index (χ2n) is 5.17. The molecule has 0 aliphatic carbocycles. The van der Waals surface area contributed by atoms with E-state index in [0.29, 0.717) is 34.3 Å². The molecule has 2 rings (SSSR count). The fraction of sp³-hybridized carbons (Fsp3) is 0.222. The predicted molar refractivity (Wildman–Crippen MR) is 94.4 cm³/mol. The number of nitrogens with one attached hydrogen (secondary N) is 1. The highest BCUT2D eigenvalue weighted by molar-refractivity contribution is 6.35. The van der Waals surface area contributed by atoms with Crippen molar-refractivity contribution in [1.29, 1.82) is 5.26 Å². The summed E-state index contributed by atoms with van der Waals surface area (Å²) in [5.41, 5.74) is 1.46. The number of halogens is 2. The summed E-state index contributed by atoms with van der Waals surface area (Å²) in [5.74, 6) is 0.321. The maximum atomic E-state index is 12.1. The van der Waals surface area contributed by atoms with E-state index in [1.54, 1.807) is 43.3 Å². The minimum absolute atomic E-state index is 0.218. The number of benzene rings is 2. The average Bonchev–Trinajstić information content (AvgIpc) is 2.57. The lowest BCUT2D eigenvalue weighted by Gasteiger charge is -2.15. The lowest BCUT2D eigenvalue weighted by molar-refractivity contribution is -0.127. The summed E-state index contributed by atoms with van der Waals surface area (Å²) in [6.07, 6.45) is -0.0377. The number of ether oxygens (including phenoxy) is 1. The zero-order valence-corrected chi connectivity index (χ0v) is 14.6. The first-order valence-electron chi connectivity index (χ1n) is 7.38. The third kappa shape index (κ3) is 5.16. The van der Waals surface area contributed by atoms with E-state index in [4.69, 9.17) is 33.2 Å². The van der Waals surface area contributed by atoms with E-state index in [0.717, 1.165) is 5.56 Å². The fourth-order valence-electron chi connectivity index (χ4n) is 2.05. The quantitative estimate of drug-likeness (QED) is 0.844. The molecule has 0 unspecified atom stereocenters. The minimum atomic E-state index is -0.640. The topological polar surface area (TPSA) is 62.1 Å². The highest BCUT2D eigenvalue weighted by Crippen LogP contribution is 2.21. The summed E-state index contributed by atoms with van der Waals surface area (Å²) in [5, 5.41) is 12.7. The molecule has 0 spiro atoms. The van der Waals surface area contributed by atoms with Crippen molar-refractivity contribution in [2.45, 2.75) is 19.4 Å². The van der Waals surface area contributed by atoms with Crippen LogP contribution in [0.15, 0.2) is 42.5 Å². The summed E-state index contributed by atoms with van der Waals surface area (Å²) in [6, 6.07) is 13.9. The van der Waals surface area contributed by atoms with E-state index in [1.165, 1.54) is 0 Å². The maximum absolute atomic E-state index is 12.1. The van der Waals surface area contributed by atoms with Crippen LogP contribution in [0.3, 0.4) is 0 Å². The molecule has 0 heterocycles. The number of rotatable bonds is 6. The van der Waals surface area contributed by atoms with Gasteiger partial charge < -0.3 is 10.1 Å². The van der Waals surface area contributed by atoms with Crippen LogP contribution in [0.1, 0.15) is 18.1 Å². The molecule has 6 heteroatoms. The second-order valence-corrected chi connectivity index (χ2v) is 6.02. The van der Waals surface area contributed by atoms with Crippen molar-refractivity contribution in [2.24, 2.45) is 0 Å². The molecule has 2 aromatic rings. The normalized spacial score (nSPS) is 11.4.